The van der Waals surface area contributed by atoms with Crippen LogP contribution in [-0.4, -0.2) is 42.5 Å². The zero-order valence-electron chi connectivity index (χ0n) is 12.0. The van der Waals surface area contributed by atoms with E-state index in [1.165, 1.54) is 0 Å². The molecule has 0 fully saturated rings. The lowest BCUT2D eigenvalue weighted by atomic mass is 9.94. The van der Waals surface area contributed by atoms with Crippen LogP contribution in [0.15, 0.2) is 0 Å². The Hall–Kier alpha value is -0.610. The summed E-state index contributed by atoms with van der Waals surface area (Å²) in [5.74, 6) is -0.252. The van der Waals surface area contributed by atoms with Crippen LogP contribution in [0.4, 0.5) is 0 Å². The number of carbonyl (C=O) groups is 1. The molecule has 0 aliphatic rings. The summed E-state index contributed by atoms with van der Waals surface area (Å²) in [6.45, 7) is 10.2. The predicted octanol–water partition coefficient (Wildman–Crippen LogP) is 1.35. The Kier molecular flexibility index (Phi) is 7.39. The zero-order chi connectivity index (χ0) is 13.5. The van der Waals surface area contributed by atoms with Crippen LogP contribution in [0.1, 0.15) is 47.0 Å². The van der Waals surface area contributed by atoms with Crippen molar-refractivity contribution in [3.63, 3.8) is 0 Å². The van der Waals surface area contributed by atoms with E-state index < -0.39 is 5.54 Å². The second-order valence-electron chi connectivity index (χ2n) is 5.30. The number of nitrogens with zero attached hydrogens (tertiary/aromatic N) is 1. The third kappa shape index (κ3) is 6.03. The van der Waals surface area contributed by atoms with E-state index in [0.717, 1.165) is 32.4 Å². The van der Waals surface area contributed by atoms with E-state index in [0.29, 0.717) is 6.04 Å². The molecule has 102 valence electrons. The van der Waals surface area contributed by atoms with Crippen LogP contribution < -0.4 is 11.1 Å². The van der Waals surface area contributed by atoms with Crippen molar-refractivity contribution in [1.82, 2.24) is 10.2 Å². The summed E-state index contributed by atoms with van der Waals surface area (Å²) in [4.78, 5) is 13.8. The Morgan fingerprint density at radius 3 is 2.47 bits per heavy atom. The highest BCUT2D eigenvalue weighted by Crippen LogP contribution is 2.13. The molecular weight excluding hydrogens is 214 g/mol. The Balaban J connectivity index is 4.13. The molecule has 3 N–H and O–H groups in total. The molecule has 0 aromatic rings. The normalized spacial score (nSPS) is 15.2. The topological polar surface area (TPSA) is 58.4 Å². The van der Waals surface area contributed by atoms with Gasteiger partial charge in [0.05, 0.1) is 5.54 Å². The van der Waals surface area contributed by atoms with Gasteiger partial charge in [0, 0.05) is 6.04 Å². The molecule has 0 radical (unpaired) electrons. The van der Waals surface area contributed by atoms with Gasteiger partial charge in [-0.2, -0.15) is 0 Å². The van der Waals surface area contributed by atoms with Crippen molar-refractivity contribution in [1.29, 1.82) is 0 Å². The number of hydrogen-bond donors (Lipinski definition) is 2. The first-order chi connectivity index (χ1) is 7.83. The van der Waals surface area contributed by atoms with E-state index >= 15 is 0 Å². The molecule has 0 bridgehead atoms. The van der Waals surface area contributed by atoms with Crippen LogP contribution in [0.2, 0.25) is 0 Å². The number of hydrogen-bond acceptors (Lipinski definition) is 3. The molecule has 17 heavy (non-hydrogen) atoms. The Morgan fingerprint density at radius 2 is 2.06 bits per heavy atom. The SMILES string of the molecule is CCCNC(C)(CCCN(C)C(C)C)C(N)=O. The summed E-state index contributed by atoms with van der Waals surface area (Å²) >= 11 is 0. The highest BCUT2D eigenvalue weighted by Gasteiger charge is 2.29. The van der Waals surface area contributed by atoms with Crippen LogP contribution in [0.25, 0.3) is 0 Å². The number of rotatable bonds is 9. The molecule has 0 rings (SSSR count). The minimum absolute atomic E-state index is 0.252. The molecule has 0 saturated heterocycles. The minimum Gasteiger partial charge on any atom is -0.368 e. The van der Waals surface area contributed by atoms with E-state index in [4.69, 9.17) is 5.73 Å². The lowest BCUT2D eigenvalue weighted by molar-refractivity contribution is -0.124. The molecule has 0 saturated carbocycles. The summed E-state index contributed by atoms with van der Waals surface area (Å²) in [6, 6.07) is 0.540. The smallest absolute Gasteiger partial charge is 0.237 e. The third-order valence-electron chi connectivity index (χ3n) is 3.38. The van der Waals surface area contributed by atoms with Crippen molar-refractivity contribution in [2.45, 2.75) is 58.5 Å². The van der Waals surface area contributed by atoms with E-state index in [2.05, 4.69) is 38.0 Å². The maximum Gasteiger partial charge on any atom is 0.237 e. The van der Waals surface area contributed by atoms with E-state index in [-0.39, 0.29) is 5.91 Å². The maximum absolute atomic E-state index is 11.5. The first-order valence-electron chi connectivity index (χ1n) is 6.58. The average molecular weight is 243 g/mol. The molecule has 1 unspecified atom stereocenters. The van der Waals surface area contributed by atoms with Gasteiger partial charge in [-0.1, -0.05) is 6.92 Å². The standard InChI is InChI=1S/C13H29N3O/c1-6-9-15-13(4,12(14)17)8-7-10-16(5)11(2)3/h11,15H,6-10H2,1-5H3,(H2,14,17). The minimum atomic E-state index is -0.562. The van der Waals surface area contributed by atoms with Crippen molar-refractivity contribution in [2.75, 3.05) is 20.1 Å². The fourth-order valence-electron chi connectivity index (χ4n) is 1.64. The van der Waals surface area contributed by atoms with Gasteiger partial charge in [-0.15, -0.1) is 0 Å². The molecule has 0 aliphatic heterocycles. The van der Waals surface area contributed by atoms with E-state index in [9.17, 15) is 4.79 Å². The molecule has 0 spiro atoms. The van der Waals surface area contributed by atoms with Gasteiger partial charge in [-0.05, 0) is 60.2 Å². The third-order valence-corrected chi connectivity index (χ3v) is 3.38. The summed E-state index contributed by atoms with van der Waals surface area (Å²) in [5.41, 5.74) is 4.91. The van der Waals surface area contributed by atoms with Gasteiger partial charge >= 0.3 is 0 Å². The van der Waals surface area contributed by atoms with Gasteiger partial charge in [0.15, 0.2) is 0 Å². The molecule has 0 aromatic carbocycles. The predicted molar refractivity (Wildman–Crippen MR) is 72.9 cm³/mol. The summed E-state index contributed by atoms with van der Waals surface area (Å²) in [7, 11) is 2.10. The first-order valence-corrected chi connectivity index (χ1v) is 6.58. The van der Waals surface area contributed by atoms with Crippen molar-refractivity contribution >= 4 is 5.91 Å². The molecule has 1 atom stereocenters. The van der Waals surface area contributed by atoms with Crippen molar-refractivity contribution in [2.24, 2.45) is 5.73 Å². The Morgan fingerprint density at radius 1 is 1.47 bits per heavy atom. The van der Waals surface area contributed by atoms with Crippen LogP contribution in [0.3, 0.4) is 0 Å². The van der Waals surface area contributed by atoms with Crippen molar-refractivity contribution in [3.8, 4) is 0 Å². The molecule has 0 heterocycles. The molecule has 0 aromatic heterocycles. The molecule has 4 heteroatoms. The van der Waals surface area contributed by atoms with Gasteiger partial charge in [-0.3, -0.25) is 4.79 Å². The molecule has 1 amide bonds. The summed E-state index contributed by atoms with van der Waals surface area (Å²) in [6.07, 6.45) is 2.78. The van der Waals surface area contributed by atoms with Crippen LogP contribution in [0, 0.1) is 0 Å². The molecule has 0 aliphatic carbocycles. The van der Waals surface area contributed by atoms with Crippen molar-refractivity contribution < 1.29 is 4.79 Å². The Labute approximate surface area is 106 Å². The highest BCUT2D eigenvalue weighted by atomic mass is 16.1. The van der Waals surface area contributed by atoms with Gasteiger partial charge in [0.1, 0.15) is 0 Å². The second-order valence-corrected chi connectivity index (χ2v) is 5.30. The van der Waals surface area contributed by atoms with Gasteiger partial charge in [0.25, 0.3) is 0 Å². The van der Waals surface area contributed by atoms with Crippen LogP contribution in [-0.2, 0) is 4.79 Å². The largest absolute Gasteiger partial charge is 0.368 e. The number of nitrogens with one attached hydrogen (secondary N) is 1. The lowest BCUT2D eigenvalue weighted by Gasteiger charge is -2.29. The van der Waals surface area contributed by atoms with Crippen LogP contribution >= 0.6 is 0 Å². The summed E-state index contributed by atoms with van der Waals surface area (Å²) in [5, 5.41) is 3.26. The second kappa shape index (κ2) is 7.67. The number of nitrogens with two attached hydrogens (primary N) is 1. The van der Waals surface area contributed by atoms with Crippen LogP contribution in [0.5, 0.6) is 0 Å². The average Bonchev–Trinajstić information content (AvgIpc) is 2.25. The zero-order valence-corrected chi connectivity index (χ0v) is 12.0. The van der Waals surface area contributed by atoms with Gasteiger partial charge < -0.3 is 16.0 Å². The number of carbonyl (C=O) groups excluding carboxylic acids is 1. The fourth-order valence-corrected chi connectivity index (χ4v) is 1.64. The first kappa shape index (κ1) is 16.4. The number of amides is 1. The van der Waals surface area contributed by atoms with Crippen molar-refractivity contribution in [3.05, 3.63) is 0 Å². The van der Waals surface area contributed by atoms with Gasteiger partial charge in [-0.25, -0.2) is 0 Å². The Bertz CT molecular complexity index is 231. The quantitative estimate of drug-likeness (QED) is 0.643. The van der Waals surface area contributed by atoms with E-state index in [1.807, 2.05) is 6.92 Å². The van der Waals surface area contributed by atoms with Gasteiger partial charge in [0.2, 0.25) is 5.91 Å². The van der Waals surface area contributed by atoms with E-state index in [1.54, 1.807) is 0 Å². The molecule has 4 nitrogen and oxygen atoms in total. The fraction of sp³-hybridized carbons (Fsp3) is 0.923. The number of primary amides is 1. The monoisotopic (exact) mass is 243 g/mol. The lowest BCUT2D eigenvalue weighted by Crippen LogP contribution is -2.53. The highest BCUT2D eigenvalue weighted by molar-refractivity contribution is 5.84. The maximum atomic E-state index is 11.5. The summed E-state index contributed by atoms with van der Waals surface area (Å²) < 4.78 is 0. The molecular formula is C13H29N3O.